The van der Waals surface area contributed by atoms with Crippen LogP contribution in [0.3, 0.4) is 0 Å². The Hall–Kier alpha value is -2.38. The molecule has 3 rings (SSSR count). The molecule has 6 nitrogen and oxygen atoms in total. The number of fused-ring (bicyclic) bond motifs is 1. The lowest BCUT2D eigenvalue weighted by molar-refractivity contribution is -0.384. The van der Waals surface area contributed by atoms with E-state index >= 15 is 0 Å². The molecule has 0 aromatic heterocycles. The lowest BCUT2D eigenvalue weighted by Crippen LogP contribution is -2.38. The minimum atomic E-state index is -0.430. The minimum Gasteiger partial charge on any atom is -0.354 e. The molecular weight excluding hydrogens is 350 g/mol. The van der Waals surface area contributed by atoms with Crippen molar-refractivity contribution >= 4 is 23.4 Å². The van der Waals surface area contributed by atoms with E-state index in [1.807, 2.05) is 0 Å². The van der Waals surface area contributed by atoms with Crippen LogP contribution in [0.1, 0.15) is 11.1 Å². The first-order valence-corrected chi connectivity index (χ1v) is 9.53. The molecule has 136 valence electrons. The Morgan fingerprint density at radius 2 is 1.88 bits per heavy atom. The van der Waals surface area contributed by atoms with E-state index in [-0.39, 0.29) is 11.6 Å². The Labute approximate surface area is 156 Å². The van der Waals surface area contributed by atoms with E-state index in [1.54, 1.807) is 12.1 Å². The van der Waals surface area contributed by atoms with Crippen LogP contribution in [-0.2, 0) is 17.8 Å². The Morgan fingerprint density at radius 1 is 1.15 bits per heavy atom. The van der Waals surface area contributed by atoms with Crippen molar-refractivity contribution in [3.63, 3.8) is 0 Å². The zero-order valence-electron chi connectivity index (χ0n) is 14.4. The SMILES string of the molecule is O=C(CSc1ccc([N+](=O)[O-])cc1)NCCN1CCc2ccccc2C1. The highest BCUT2D eigenvalue weighted by Crippen LogP contribution is 2.21. The molecule has 1 N–H and O–H groups in total. The summed E-state index contributed by atoms with van der Waals surface area (Å²) in [6.45, 7) is 3.41. The van der Waals surface area contributed by atoms with Gasteiger partial charge in [-0.05, 0) is 29.7 Å². The highest BCUT2D eigenvalue weighted by molar-refractivity contribution is 8.00. The van der Waals surface area contributed by atoms with Crippen molar-refractivity contribution in [1.29, 1.82) is 0 Å². The van der Waals surface area contributed by atoms with Crippen molar-refractivity contribution in [3.8, 4) is 0 Å². The molecule has 0 bridgehead atoms. The maximum atomic E-state index is 12.0. The van der Waals surface area contributed by atoms with Crippen molar-refractivity contribution in [2.24, 2.45) is 0 Å². The molecule has 2 aromatic rings. The monoisotopic (exact) mass is 371 g/mol. The van der Waals surface area contributed by atoms with E-state index in [2.05, 4.69) is 34.5 Å². The third-order valence-electron chi connectivity index (χ3n) is 4.38. The molecule has 0 aliphatic carbocycles. The predicted octanol–water partition coefficient (Wildman–Crippen LogP) is 2.86. The van der Waals surface area contributed by atoms with Crippen LogP contribution in [0, 0.1) is 10.1 Å². The van der Waals surface area contributed by atoms with Crippen LogP contribution in [0.25, 0.3) is 0 Å². The number of rotatable bonds is 7. The zero-order valence-corrected chi connectivity index (χ0v) is 15.2. The fraction of sp³-hybridized carbons (Fsp3) is 0.316. The molecule has 1 aliphatic rings. The summed E-state index contributed by atoms with van der Waals surface area (Å²) < 4.78 is 0. The molecule has 7 heteroatoms. The quantitative estimate of drug-likeness (QED) is 0.460. The lowest BCUT2D eigenvalue weighted by Gasteiger charge is -2.28. The van der Waals surface area contributed by atoms with Gasteiger partial charge in [-0.3, -0.25) is 19.8 Å². The maximum absolute atomic E-state index is 12.0. The lowest BCUT2D eigenvalue weighted by atomic mass is 10.00. The van der Waals surface area contributed by atoms with Crippen molar-refractivity contribution in [3.05, 3.63) is 69.8 Å². The summed E-state index contributed by atoms with van der Waals surface area (Å²) in [5.74, 6) is 0.284. The van der Waals surface area contributed by atoms with E-state index in [9.17, 15) is 14.9 Å². The average molecular weight is 371 g/mol. The summed E-state index contributed by atoms with van der Waals surface area (Å²) >= 11 is 1.38. The minimum absolute atomic E-state index is 0.0224. The molecule has 2 aromatic carbocycles. The number of benzene rings is 2. The van der Waals surface area contributed by atoms with Gasteiger partial charge in [0.2, 0.25) is 5.91 Å². The number of carbonyl (C=O) groups is 1. The van der Waals surface area contributed by atoms with Gasteiger partial charge in [-0.1, -0.05) is 24.3 Å². The predicted molar refractivity (Wildman–Crippen MR) is 102 cm³/mol. The summed E-state index contributed by atoms with van der Waals surface area (Å²) in [5.41, 5.74) is 2.85. The first kappa shape index (κ1) is 18.4. The third kappa shape index (κ3) is 5.06. The van der Waals surface area contributed by atoms with Crippen LogP contribution in [0.4, 0.5) is 5.69 Å². The van der Waals surface area contributed by atoms with Crippen LogP contribution < -0.4 is 5.32 Å². The van der Waals surface area contributed by atoms with Crippen molar-refractivity contribution in [2.45, 2.75) is 17.9 Å². The Bertz CT molecular complexity index is 780. The van der Waals surface area contributed by atoms with Crippen LogP contribution in [0.15, 0.2) is 53.4 Å². The number of non-ortho nitro benzene ring substituents is 1. The smallest absolute Gasteiger partial charge is 0.269 e. The van der Waals surface area contributed by atoms with Gasteiger partial charge in [0.1, 0.15) is 0 Å². The number of hydrogen-bond acceptors (Lipinski definition) is 5. The molecule has 1 heterocycles. The molecule has 0 fully saturated rings. The van der Waals surface area contributed by atoms with Crippen LogP contribution in [0.2, 0.25) is 0 Å². The number of nitrogens with one attached hydrogen (secondary N) is 1. The summed E-state index contributed by atoms with van der Waals surface area (Å²) in [6, 6.07) is 14.7. The van der Waals surface area contributed by atoms with E-state index in [4.69, 9.17) is 0 Å². The number of nitro benzene ring substituents is 1. The summed E-state index contributed by atoms with van der Waals surface area (Å²) in [6.07, 6.45) is 1.06. The topological polar surface area (TPSA) is 75.5 Å². The Morgan fingerprint density at radius 3 is 2.62 bits per heavy atom. The molecule has 26 heavy (non-hydrogen) atoms. The highest BCUT2D eigenvalue weighted by atomic mass is 32.2. The van der Waals surface area contributed by atoms with E-state index in [0.717, 1.165) is 31.0 Å². The molecule has 0 unspecified atom stereocenters. The molecule has 0 spiro atoms. The number of thioether (sulfide) groups is 1. The Kier molecular flexibility index (Phi) is 6.25. The summed E-state index contributed by atoms with van der Waals surface area (Å²) in [5, 5.41) is 13.6. The van der Waals surface area contributed by atoms with Gasteiger partial charge < -0.3 is 5.32 Å². The molecular formula is C19H21N3O3S. The van der Waals surface area contributed by atoms with Crippen LogP contribution in [0.5, 0.6) is 0 Å². The average Bonchev–Trinajstić information content (AvgIpc) is 2.66. The molecule has 0 saturated carbocycles. The summed E-state index contributed by atoms with van der Waals surface area (Å²) in [4.78, 5) is 25.4. The summed E-state index contributed by atoms with van der Waals surface area (Å²) in [7, 11) is 0. The van der Waals surface area contributed by atoms with Gasteiger partial charge >= 0.3 is 0 Å². The van der Waals surface area contributed by atoms with Gasteiger partial charge in [-0.15, -0.1) is 11.8 Å². The van der Waals surface area contributed by atoms with Crippen molar-refractivity contribution in [1.82, 2.24) is 10.2 Å². The van der Waals surface area contributed by atoms with E-state index in [0.29, 0.717) is 12.3 Å². The number of nitrogens with zero attached hydrogens (tertiary/aromatic N) is 2. The van der Waals surface area contributed by atoms with Crippen molar-refractivity contribution in [2.75, 3.05) is 25.4 Å². The van der Waals surface area contributed by atoms with Gasteiger partial charge in [-0.2, -0.15) is 0 Å². The normalized spacial score (nSPS) is 13.8. The van der Waals surface area contributed by atoms with E-state index in [1.165, 1.54) is 35.0 Å². The molecule has 0 saturated heterocycles. The molecule has 1 aliphatic heterocycles. The number of carbonyl (C=O) groups excluding carboxylic acids is 1. The zero-order chi connectivity index (χ0) is 18.4. The molecule has 0 radical (unpaired) electrons. The number of amides is 1. The largest absolute Gasteiger partial charge is 0.354 e. The van der Waals surface area contributed by atoms with Gasteiger partial charge in [0.25, 0.3) is 5.69 Å². The van der Waals surface area contributed by atoms with Crippen LogP contribution in [-0.4, -0.2) is 41.1 Å². The first-order chi connectivity index (χ1) is 12.6. The number of hydrogen-bond donors (Lipinski definition) is 1. The van der Waals surface area contributed by atoms with Gasteiger partial charge in [0.05, 0.1) is 10.7 Å². The second kappa shape index (κ2) is 8.82. The second-order valence-corrected chi connectivity index (χ2v) is 7.23. The number of nitro groups is 1. The Balaban J connectivity index is 1.36. The van der Waals surface area contributed by atoms with E-state index < -0.39 is 4.92 Å². The van der Waals surface area contributed by atoms with Crippen molar-refractivity contribution < 1.29 is 9.72 Å². The van der Waals surface area contributed by atoms with Gasteiger partial charge in [0, 0.05) is 43.2 Å². The van der Waals surface area contributed by atoms with Crippen LogP contribution >= 0.6 is 11.8 Å². The molecule has 1 amide bonds. The van der Waals surface area contributed by atoms with Gasteiger partial charge in [0.15, 0.2) is 0 Å². The molecule has 0 atom stereocenters. The standard InChI is InChI=1S/C19H21N3O3S/c23-19(14-26-18-7-5-17(6-8-18)22(24)25)20-10-12-21-11-9-15-3-1-2-4-16(15)13-21/h1-8H,9-14H2,(H,20,23). The fourth-order valence-electron chi connectivity index (χ4n) is 2.96. The third-order valence-corrected chi connectivity index (χ3v) is 5.39. The second-order valence-electron chi connectivity index (χ2n) is 6.18. The van der Waals surface area contributed by atoms with Gasteiger partial charge in [-0.25, -0.2) is 0 Å². The maximum Gasteiger partial charge on any atom is 0.269 e. The fourth-order valence-corrected chi connectivity index (χ4v) is 3.69. The highest BCUT2D eigenvalue weighted by Gasteiger charge is 2.15. The first-order valence-electron chi connectivity index (χ1n) is 8.55.